The molecule has 0 N–H and O–H groups in total. The molecule has 0 spiro atoms. The summed E-state index contributed by atoms with van der Waals surface area (Å²) in [4.78, 5) is 10.1. The standard InChI is InChI=1S/C34H22N2S/c1-2-9-27-25(7-1)26-8-3-4-10-28(26)33-29(27)19-24-18-17-23(20-31(24)35-33)21-13-15-22(16-14-21)34-36-30-11-5-6-12-32(30)37-34/h1-13,15,17-20H,14,16H2. The number of hydrogen-bond acceptors (Lipinski definition) is 3. The van der Waals surface area contributed by atoms with Gasteiger partial charge in [0.1, 0.15) is 5.01 Å². The summed E-state index contributed by atoms with van der Waals surface area (Å²) in [5, 5.41) is 8.56. The van der Waals surface area contributed by atoms with Crippen LogP contribution in [0.1, 0.15) is 23.4 Å². The fourth-order valence-electron chi connectivity index (χ4n) is 5.72. The molecular formula is C34H22N2S. The van der Waals surface area contributed by atoms with Crippen molar-refractivity contribution in [2.75, 3.05) is 0 Å². The van der Waals surface area contributed by atoms with Crippen molar-refractivity contribution in [2.24, 2.45) is 0 Å². The molecule has 174 valence electrons. The summed E-state index contributed by atoms with van der Waals surface area (Å²) in [5.74, 6) is 0. The molecule has 0 bridgehead atoms. The minimum absolute atomic E-state index is 1.01. The van der Waals surface area contributed by atoms with E-state index in [2.05, 4.69) is 109 Å². The number of pyridine rings is 1. The molecule has 3 heteroatoms. The summed E-state index contributed by atoms with van der Waals surface area (Å²) >= 11 is 1.79. The Morgan fingerprint density at radius 1 is 0.541 bits per heavy atom. The fraction of sp³-hybridized carbons (Fsp3) is 0.0588. The van der Waals surface area contributed by atoms with Crippen molar-refractivity contribution < 1.29 is 0 Å². The summed E-state index contributed by atoms with van der Waals surface area (Å²) in [7, 11) is 0. The van der Waals surface area contributed by atoms with Gasteiger partial charge in [-0.15, -0.1) is 11.3 Å². The highest BCUT2D eigenvalue weighted by atomic mass is 32.1. The van der Waals surface area contributed by atoms with E-state index in [9.17, 15) is 0 Å². The number of fused-ring (bicyclic) bond motifs is 8. The number of thiazole rings is 1. The van der Waals surface area contributed by atoms with Gasteiger partial charge in [0.2, 0.25) is 0 Å². The average molecular weight is 491 g/mol. The van der Waals surface area contributed by atoms with Gasteiger partial charge in [-0.1, -0.05) is 84.9 Å². The molecule has 0 atom stereocenters. The van der Waals surface area contributed by atoms with Gasteiger partial charge in [-0.05, 0) is 70.0 Å². The lowest BCUT2D eigenvalue weighted by molar-refractivity contribution is 1.07. The molecule has 2 nitrogen and oxygen atoms in total. The van der Waals surface area contributed by atoms with Crippen molar-refractivity contribution in [2.45, 2.75) is 12.8 Å². The van der Waals surface area contributed by atoms with Gasteiger partial charge in [-0.25, -0.2) is 9.97 Å². The number of benzene rings is 5. The Labute approximate surface area is 218 Å². The number of hydrogen-bond donors (Lipinski definition) is 0. The Balaban J connectivity index is 1.25. The number of aromatic nitrogens is 2. The van der Waals surface area contributed by atoms with Crippen LogP contribution < -0.4 is 0 Å². The Bertz CT molecular complexity index is 2060. The molecule has 0 unspecified atom stereocenters. The molecule has 5 aromatic carbocycles. The third-order valence-electron chi connectivity index (χ3n) is 7.60. The van der Waals surface area contributed by atoms with Gasteiger partial charge in [0.15, 0.2) is 0 Å². The molecular weight excluding hydrogens is 468 g/mol. The van der Waals surface area contributed by atoms with Crippen molar-refractivity contribution in [1.29, 1.82) is 0 Å². The molecule has 8 rings (SSSR count). The van der Waals surface area contributed by atoms with Crippen LogP contribution in [0.3, 0.4) is 0 Å². The first-order chi connectivity index (χ1) is 18.3. The molecule has 0 saturated carbocycles. The quantitative estimate of drug-likeness (QED) is 0.178. The summed E-state index contributed by atoms with van der Waals surface area (Å²) in [6, 6.07) is 34.8. The first-order valence-corrected chi connectivity index (χ1v) is 13.5. The van der Waals surface area contributed by atoms with Crippen molar-refractivity contribution in [3.63, 3.8) is 0 Å². The highest BCUT2D eigenvalue weighted by Crippen LogP contribution is 2.38. The van der Waals surface area contributed by atoms with Crippen molar-refractivity contribution in [3.8, 4) is 0 Å². The van der Waals surface area contributed by atoms with Gasteiger partial charge >= 0.3 is 0 Å². The molecule has 7 aromatic rings. The molecule has 1 aliphatic rings. The van der Waals surface area contributed by atoms with E-state index in [0.29, 0.717) is 0 Å². The molecule has 1 aliphatic carbocycles. The van der Waals surface area contributed by atoms with E-state index in [1.807, 2.05) is 0 Å². The highest BCUT2D eigenvalue weighted by Gasteiger charge is 2.15. The largest absolute Gasteiger partial charge is 0.247 e. The zero-order valence-electron chi connectivity index (χ0n) is 20.1. The Morgan fingerprint density at radius 3 is 2.00 bits per heavy atom. The highest BCUT2D eigenvalue weighted by molar-refractivity contribution is 7.19. The Morgan fingerprint density at radius 2 is 1.22 bits per heavy atom. The lowest BCUT2D eigenvalue weighted by Gasteiger charge is -2.15. The van der Waals surface area contributed by atoms with Crippen molar-refractivity contribution in [1.82, 2.24) is 9.97 Å². The van der Waals surface area contributed by atoms with Crippen LogP contribution >= 0.6 is 11.3 Å². The van der Waals surface area contributed by atoms with Gasteiger partial charge < -0.3 is 0 Å². The lowest BCUT2D eigenvalue weighted by atomic mass is 9.92. The molecule has 0 saturated heterocycles. The zero-order chi connectivity index (χ0) is 24.3. The average Bonchev–Trinajstić information content (AvgIpc) is 3.41. The molecule has 0 fully saturated rings. The van der Waals surface area contributed by atoms with Gasteiger partial charge in [-0.2, -0.15) is 0 Å². The van der Waals surface area contributed by atoms with Crippen molar-refractivity contribution in [3.05, 3.63) is 120 Å². The summed E-state index contributed by atoms with van der Waals surface area (Å²) in [5.41, 5.74) is 7.16. The van der Waals surface area contributed by atoms with Crippen LogP contribution in [-0.4, -0.2) is 9.97 Å². The SMILES string of the molecule is C1=C(c2ccc3cc4c5ccccc5c5ccccc5c4nc3c2)CCC(c2nc3ccccc3s2)=C1. The smallest absolute Gasteiger partial charge is 0.120 e. The maximum Gasteiger partial charge on any atom is 0.120 e. The van der Waals surface area contributed by atoms with E-state index in [4.69, 9.17) is 9.97 Å². The Hall–Kier alpha value is -4.34. The van der Waals surface area contributed by atoms with Crippen LogP contribution in [0.2, 0.25) is 0 Å². The third kappa shape index (κ3) is 3.32. The molecule has 0 aliphatic heterocycles. The van der Waals surface area contributed by atoms with Crippen LogP contribution in [-0.2, 0) is 0 Å². The van der Waals surface area contributed by atoms with Gasteiger partial charge in [0.25, 0.3) is 0 Å². The minimum Gasteiger partial charge on any atom is -0.247 e. The number of rotatable bonds is 2. The van der Waals surface area contributed by atoms with Crippen LogP contribution in [0, 0.1) is 0 Å². The topological polar surface area (TPSA) is 25.8 Å². The summed E-state index contributed by atoms with van der Waals surface area (Å²) < 4.78 is 1.25. The minimum atomic E-state index is 1.01. The fourth-order valence-corrected chi connectivity index (χ4v) is 6.74. The maximum atomic E-state index is 5.25. The second kappa shape index (κ2) is 8.09. The zero-order valence-corrected chi connectivity index (χ0v) is 20.9. The molecule has 2 heterocycles. The van der Waals surface area contributed by atoms with E-state index in [1.165, 1.54) is 53.7 Å². The van der Waals surface area contributed by atoms with Crippen LogP contribution in [0.25, 0.3) is 64.7 Å². The third-order valence-corrected chi connectivity index (χ3v) is 8.71. The van der Waals surface area contributed by atoms with Gasteiger partial charge in [-0.3, -0.25) is 0 Å². The van der Waals surface area contributed by atoms with Gasteiger partial charge in [0.05, 0.1) is 21.3 Å². The van der Waals surface area contributed by atoms with Crippen LogP contribution in [0.5, 0.6) is 0 Å². The first kappa shape index (κ1) is 20.8. The number of para-hydroxylation sites is 1. The predicted octanol–water partition coefficient (Wildman–Crippen LogP) is 9.56. The summed E-state index contributed by atoms with van der Waals surface area (Å²) in [6.45, 7) is 0. The van der Waals surface area contributed by atoms with E-state index >= 15 is 0 Å². The van der Waals surface area contributed by atoms with E-state index < -0.39 is 0 Å². The maximum absolute atomic E-state index is 5.25. The molecule has 37 heavy (non-hydrogen) atoms. The van der Waals surface area contributed by atoms with E-state index in [1.54, 1.807) is 11.3 Å². The molecule has 0 amide bonds. The monoisotopic (exact) mass is 490 g/mol. The van der Waals surface area contributed by atoms with Gasteiger partial charge in [0, 0.05) is 16.2 Å². The number of allylic oxidation sites excluding steroid dienone is 4. The Kier molecular flexibility index (Phi) is 4.55. The molecule has 2 aromatic heterocycles. The van der Waals surface area contributed by atoms with E-state index in [0.717, 1.165) is 34.4 Å². The normalized spacial score (nSPS) is 14.1. The second-order valence-electron chi connectivity index (χ2n) is 9.75. The van der Waals surface area contributed by atoms with Crippen LogP contribution in [0.4, 0.5) is 0 Å². The summed E-state index contributed by atoms with van der Waals surface area (Å²) in [6.07, 6.45) is 6.55. The lowest BCUT2D eigenvalue weighted by Crippen LogP contribution is -1.94. The van der Waals surface area contributed by atoms with Crippen molar-refractivity contribution >= 4 is 76.1 Å². The number of nitrogens with zero attached hydrogens (tertiary/aromatic N) is 2. The van der Waals surface area contributed by atoms with E-state index in [-0.39, 0.29) is 0 Å². The van der Waals surface area contributed by atoms with Crippen LogP contribution in [0.15, 0.2) is 109 Å². The molecule has 0 radical (unpaired) electrons. The second-order valence-corrected chi connectivity index (χ2v) is 10.8. The predicted molar refractivity (Wildman–Crippen MR) is 159 cm³/mol. The first-order valence-electron chi connectivity index (χ1n) is 12.7.